The first kappa shape index (κ1) is 20.9. The molecule has 1 heterocycles. The predicted molar refractivity (Wildman–Crippen MR) is 101 cm³/mol. The highest BCUT2D eigenvalue weighted by molar-refractivity contribution is 7.90. The van der Waals surface area contributed by atoms with Crippen molar-refractivity contribution in [2.24, 2.45) is 5.41 Å². The molecule has 0 unspecified atom stereocenters. The van der Waals surface area contributed by atoms with Crippen LogP contribution in [-0.2, 0) is 19.7 Å². The van der Waals surface area contributed by atoms with Gasteiger partial charge in [-0.2, -0.15) is 0 Å². The highest BCUT2D eigenvalue weighted by Crippen LogP contribution is 2.50. The Labute approximate surface area is 155 Å². The maximum absolute atomic E-state index is 13.5. The molecule has 1 aromatic rings. The second-order valence-corrected chi connectivity index (χ2v) is 12.3. The van der Waals surface area contributed by atoms with Crippen LogP contribution < -0.4 is 4.74 Å². The molecule has 0 saturated carbocycles. The molecule has 146 valence electrons. The standard InChI is InChI=1S/C18H26O6S2/c1-13-6-7-15-14(12-13)16(19)18(17(2,3)24-15,8-10-25(4,20)21)9-11-26(5,22)23/h6-7,12H,8-11H2,1-5H3. The van der Waals surface area contributed by atoms with Crippen molar-refractivity contribution in [2.75, 3.05) is 24.0 Å². The van der Waals surface area contributed by atoms with Gasteiger partial charge in [-0.05, 0) is 45.7 Å². The van der Waals surface area contributed by atoms with Gasteiger partial charge in [0.2, 0.25) is 0 Å². The van der Waals surface area contributed by atoms with Crippen LogP contribution in [0.5, 0.6) is 5.75 Å². The zero-order chi connectivity index (χ0) is 20.0. The molecule has 1 aromatic carbocycles. The summed E-state index contributed by atoms with van der Waals surface area (Å²) in [7, 11) is -6.66. The van der Waals surface area contributed by atoms with E-state index < -0.39 is 30.7 Å². The first-order valence-electron chi connectivity index (χ1n) is 8.37. The number of fused-ring (bicyclic) bond motifs is 1. The molecule has 0 spiro atoms. The lowest BCUT2D eigenvalue weighted by atomic mass is 9.63. The Balaban J connectivity index is 2.60. The van der Waals surface area contributed by atoms with Crippen LogP contribution in [0.15, 0.2) is 18.2 Å². The molecule has 0 bridgehead atoms. The van der Waals surface area contributed by atoms with Crippen LogP contribution in [-0.4, -0.2) is 52.2 Å². The van der Waals surface area contributed by atoms with E-state index in [0.29, 0.717) is 11.3 Å². The Morgan fingerprint density at radius 2 is 1.46 bits per heavy atom. The Morgan fingerprint density at radius 1 is 0.962 bits per heavy atom. The van der Waals surface area contributed by atoms with Gasteiger partial charge in [0.05, 0.1) is 22.5 Å². The van der Waals surface area contributed by atoms with Gasteiger partial charge in [-0.25, -0.2) is 16.8 Å². The van der Waals surface area contributed by atoms with Crippen LogP contribution in [0, 0.1) is 12.3 Å². The minimum atomic E-state index is -3.33. The number of rotatable bonds is 6. The fourth-order valence-electron chi connectivity index (χ4n) is 3.49. The third-order valence-corrected chi connectivity index (χ3v) is 7.02. The van der Waals surface area contributed by atoms with Crippen LogP contribution in [0.1, 0.15) is 42.6 Å². The van der Waals surface area contributed by atoms with Gasteiger partial charge >= 0.3 is 0 Å². The van der Waals surface area contributed by atoms with Crippen LogP contribution in [0.25, 0.3) is 0 Å². The van der Waals surface area contributed by atoms with Crippen molar-refractivity contribution in [3.05, 3.63) is 29.3 Å². The smallest absolute Gasteiger partial charge is 0.176 e. The van der Waals surface area contributed by atoms with E-state index in [0.717, 1.165) is 18.1 Å². The highest BCUT2D eigenvalue weighted by Gasteiger charge is 2.56. The number of hydrogen-bond acceptors (Lipinski definition) is 6. The lowest BCUT2D eigenvalue weighted by molar-refractivity contribution is -0.0324. The summed E-state index contributed by atoms with van der Waals surface area (Å²) >= 11 is 0. The van der Waals surface area contributed by atoms with Crippen LogP contribution in [0.3, 0.4) is 0 Å². The fourth-order valence-corrected chi connectivity index (χ4v) is 4.93. The van der Waals surface area contributed by atoms with Crippen molar-refractivity contribution in [3.8, 4) is 5.75 Å². The molecule has 0 aromatic heterocycles. The number of aryl methyl sites for hydroxylation is 1. The first-order valence-corrected chi connectivity index (χ1v) is 12.5. The van der Waals surface area contributed by atoms with Crippen molar-refractivity contribution in [1.82, 2.24) is 0 Å². The fraction of sp³-hybridized carbons (Fsp3) is 0.611. The molecule has 0 fully saturated rings. The summed E-state index contributed by atoms with van der Waals surface area (Å²) in [6.45, 7) is 5.29. The normalized spacial score (nSPS) is 18.9. The number of ketones is 1. The number of ether oxygens (including phenoxy) is 1. The van der Waals surface area contributed by atoms with Gasteiger partial charge in [-0.15, -0.1) is 0 Å². The summed E-state index contributed by atoms with van der Waals surface area (Å²) < 4.78 is 53.1. The zero-order valence-corrected chi connectivity index (χ0v) is 17.5. The van der Waals surface area contributed by atoms with E-state index in [1.165, 1.54) is 0 Å². The van der Waals surface area contributed by atoms with Crippen LogP contribution in [0.4, 0.5) is 0 Å². The van der Waals surface area contributed by atoms with Gasteiger partial charge in [0.15, 0.2) is 5.78 Å². The van der Waals surface area contributed by atoms with E-state index in [9.17, 15) is 21.6 Å². The molecule has 8 heteroatoms. The Kier molecular flexibility index (Phi) is 5.33. The molecule has 0 saturated heterocycles. The van der Waals surface area contributed by atoms with Crippen LogP contribution in [0.2, 0.25) is 0 Å². The van der Waals surface area contributed by atoms with Gasteiger partial charge in [0, 0.05) is 12.5 Å². The van der Waals surface area contributed by atoms with Crippen molar-refractivity contribution in [2.45, 2.75) is 39.2 Å². The predicted octanol–water partition coefficient (Wildman–Crippen LogP) is 2.20. The average Bonchev–Trinajstić information content (AvgIpc) is 2.45. The Hall–Kier alpha value is -1.41. The topological polar surface area (TPSA) is 94.6 Å². The minimum Gasteiger partial charge on any atom is -0.486 e. The molecule has 0 aliphatic carbocycles. The number of sulfone groups is 2. The number of carbonyl (C=O) groups excluding carboxylic acids is 1. The monoisotopic (exact) mass is 402 g/mol. The molecule has 2 rings (SSSR count). The van der Waals surface area contributed by atoms with Gasteiger partial charge < -0.3 is 4.74 Å². The maximum atomic E-state index is 13.5. The van der Waals surface area contributed by atoms with E-state index in [2.05, 4.69) is 0 Å². The summed E-state index contributed by atoms with van der Waals surface area (Å²) in [5.41, 5.74) is -1.02. The van der Waals surface area contributed by atoms with Crippen molar-refractivity contribution in [3.63, 3.8) is 0 Å². The largest absolute Gasteiger partial charge is 0.486 e. The summed E-state index contributed by atoms with van der Waals surface area (Å²) in [4.78, 5) is 13.5. The molecule has 0 amide bonds. The average molecular weight is 403 g/mol. The molecule has 1 aliphatic rings. The van der Waals surface area contributed by atoms with E-state index >= 15 is 0 Å². The lowest BCUT2D eigenvalue weighted by Gasteiger charge is -2.49. The first-order chi connectivity index (χ1) is 11.7. The summed E-state index contributed by atoms with van der Waals surface area (Å²) in [6.07, 6.45) is 2.24. The summed E-state index contributed by atoms with van der Waals surface area (Å²) in [5.74, 6) is -0.230. The zero-order valence-electron chi connectivity index (χ0n) is 15.8. The maximum Gasteiger partial charge on any atom is 0.176 e. The molecule has 6 nitrogen and oxygen atoms in total. The van der Waals surface area contributed by atoms with E-state index in [1.54, 1.807) is 26.0 Å². The molecule has 1 aliphatic heterocycles. The molecular weight excluding hydrogens is 376 g/mol. The van der Waals surface area contributed by atoms with Crippen LogP contribution >= 0.6 is 0 Å². The molecule has 0 N–H and O–H groups in total. The molecule has 0 radical (unpaired) electrons. The lowest BCUT2D eigenvalue weighted by Crippen LogP contribution is -2.57. The third-order valence-electron chi connectivity index (χ3n) is 5.13. The van der Waals surface area contributed by atoms with Gasteiger partial charge in [0.25, 0.3) is 0 Å². The summed E-state index contributed by atoms with van der Waals surface area (Å²) in [5, 5.41) is 0. The number of hydrogen-bond donors (Lipinski definition) is 0. The number of Topliss-reactive ketones (excluding diaryl/α,β-unsaturated/α-hetero) is 1. The highest BCUT2D eigenvalue weighted by atomic mass is 32.2. The van der Waals surface area contributed by atoms with Crippen molar-refractivity contribution >= 4 is 25.5 Å². The Bertz CT molecular complexity index is 890. The van der Waals surface area contributed by atoms with Gasteiger partial charge in [0.1, 0.15) is 31.0 Å². The van der Waals surface area contributed by atoms with E-state index in [1.807, 2.05) is 13.0 Å². The second kappa shape index (κ2) is 6.64. The molecule has 26 heavy (non-hydrogen) atoms. The number of benzene rings is 1. The summed E-state index contributed by atoms with van der Waals surface area (Å²) in [6, 6.07) is 5.27. The second-order valence-electron chi connectivity index (χ2n) is 7.78. The van der Waals surface area contributed by atoms with Gasteiger partial charge in [-0.1, -0.05) is 11.6 Å². The van der Waals surface area contributed by atoms with Gasteiger partial charge in [-0.3, -0.25) is 4.79 Å². The minimum absolute atomic E-state index is 0.0145. The number of carbonyl (C=O) groups is 1. The van der Waals surface area contributed by atoms with Crippen molar-refractivity contribution < 1.29 is 26.4 Å². The Morgan fingerprint density at radius 3 is 1.92 bits per heavy atom. The van der Waals surface area contributed by atoms with E-state index in [-0.39, 0.29) is 30.1 Å². The SMILES string of the molecule is Cc1ccc2c(c1)C(=O)C(CCS(C)(=O)=O)(CCS(C)(=O)=O)C(C)(C)O2. The molecule has 0 atom stereocenters. The molecular formula is C18H26O6S2. The van der Waals surface area contributed by atoms with E-state index in [4.69, 9.17) is 4.74 Å². The van der Waals surface area contributed by atoms with Crippen molar-refractivity contribution in [1.29, 1.82) is 0 Å². The third kappa shape index (κ3) is 4.28. The quantitative estimate of drug-likeness (QED) is 0.724.